The van der Waals surface area contributed by atoms with Crippen molar-refractivity contribution in [1.29, 1.82) is 0 Å². The lowest BCUT2D eigenvalue weighted by atomic mass is 9.78. The molecule has 1 aromatic carbocycles. The smallest absolute Gasteiger partial charge is 0.318 e. The summed E-state index contributed by atoms with van der Waals surface area (Å²) in [5.74, 6) is -0.836. The second-order valence-corrected chi connectivity index (χ2v) is 4.01. The summed E-state index contributed by atoms with van der Waals surface area (Å²) in [6.45, 7) is 0.476. The molecule has 2 heterocycles. The molecule has 0 unspecified atom stereocenters. The number of H-pyrrole nitrogens is 1. The Morgan fingerprint density at radius 1 is 1.50 bits per heavy atom. The van der Waals surface area contributed by atoms with Gasteiger partial charge in [0.05, 0.1) is 30.6 Å². The Hall–Kier alpha value is -1.88. The Labute approximate surface area is 91.1 Å². The molecule has 0 aliphatic carbocycles. The van der Waals surface area contributed by atoms with E-state index in [2.05, 4.69) is 9.97 Å². The molecular weight excluding hydrogens is 208 g/mol. The number of fused-ring (bicyclic) bond motifs is 1. The Balaban J connectivity index is 2.14. The van der Waals surface area contributed by atoms with Crippen molar-refractivity contribution < 1.29 is 14.6 Å². The molecule has 1 fully saturated rings. The first kappa shape index (κ1) is 9.35. The fourth-order valence-electron chi connectivity index (χ4n) is 1.95. The third kappa shape index (κ3) is 1.09. The molecule has 3 rings (SSSR count). The molecule has 0 bridgehead atoms. The topological polar surface area (TPSA) is 75.2 Å². The van der Waals surface area contributed by atoms with Crippen molar-refractivity contribution in [2.24, 2.45) is 0 Å². The molecule has 5 nitrogen and oxygen atoms in total. The lowest BCUT2D eigenvalue weighted by Crippen LogP contribution is -2.53. The van der Waals surface area contributed by atoms with Gasteiger partial charge in [0.15, 0.2) is 0 Å². The number of rotatable bonds is 2. The summed E-state index contributed by atoms with van der Waals surface area (Å²) in [4.78, 5) is 18.3. The summed E-state index contributed by atoms with van der Waals surface area (Å²) in [6, 6.07) is 5.46. The molecule has 0 radical (unpaired) electrons. The van der Waals surface area contributed by atoms with Gasteiger partial charge in [0, 0.05) is 0 Å². The van der Waals surface area contributed by atoms with E-state index in [1.54, 1.807) is 12.4 Å². The van der Waals surface area contributed by atoms with Gasteiger partial charge in [0.2, 0.25) is 0 Å². The van der Waals surface area contributed by atoms with Crippen LogP contribution in [0.2, 0.25) is 0 Å². The average molecular weight is 218 g/mol. The van der Waals surface area contributed by atoms with Crippen LogP contribution in [0, 0.1) is 0 Å². The van der Waals surface area contributed by atoms with Crippen LogP contribution in [0.1, 0.15) is 5.56 Å². The third-order valence-corrected chi connectivity index (χ3v) is 3.08. The first-order valence-electron chi connectivity index (χ1n) is 4.97. The molecule has 0 amide bonds. The maximum absolute atomic E-state index is 11.3. The van der Waals surface area contributed by atoms with Crippen molar-refractivity contribution in [3.8, 4) is 0 Å². The number of carboxylic acids is 1. The summed E-state index contributed by atoms with van der Waals surface area (Å²) < 4.78 is 5.04. The minimum Gasteiger partial charge on any atom is -0.480 e. The van der Waals surface area contributed by atoms with Crippen molar-refractivity contribution in [2.75, 3.05) is 13.2 Å². The highest BCUT2D eigenvalue weighted by atomic mass is 16.5. The van der Waals surface area contributed by atoms with E-state index in [9.17, 15) is 9.90 Å². The lowest BCUT2D eigenvalue weighted by molar-refractivity contribution is -0.163. The molecule has 16 heavy (non-hydrogen) atoms. The van der Waals surface area contributed by atoms with E-state index in [0.717, 1.165) is 16.6 Å². The monoisotopic (exact) mass is 218 g/mol. The third-order valence-electron chi connectivity index (χ3n) is 3.08. The van der Waals surface area contributed by atoms with Crippen LogP contribution in [0.25, 0.3) is 11.0 Å². The van der Waals surface area contributed by atoms with Crippen LogP contribution in [0.3, 0.4) is 0 Å². The Morgan fingerprint density at radius 2 is 2.31 bits per heavy atom. The van der Waals surface area contributed by atoms with Crippen LogP contribution in [0.5, 0.6) is 0 Å². The molecule has 1 saturated heterocycles. The SMILES string of the molecule is O=C(O)C1(c2ccc3nc[nH]c3c2)COC1. The van der Waals surface area contributed by atoms with Gasteiger partial charge in [-0.05, 0) is 17.7 Å². The number of imidazole rings is 1. The molecule has 1 aliphatic rings. The molecule has 1 aromatic heterocycles. The highest BCUT2D eigenvalue weighted by molar-refractivity contribution is 5.85. The largest absolute Gasteiger partial charge is 0.480 e. The first-order chi connectivity index (χ1) is 7.72. The second-order valence-electron chi connectivity index (χ2n) is 4.01. The molecule has 82 valence electrons. The normalized spacial score (nSPS) is 18.2. The number of nitrogens with zero attached hydrogens (tertiary/aromatic N) is 1. The summed E-state index contributed by atoms with van der Waals surface area (Å²) in [7, 11) is 0. The molecule has 1 aliphatic heterocycles. The zero-order valence-corrected chi connectivity index (χ0v) is 8.43. The fourth-order valence-corrected chi connectivity index (χ4v) is 1.95. The van der Waals surface area contributed by atoms with Gasteiger partial charge in [-0.2, -0.15) is 0 Å². The van der Waals surface area contributed by atoms with Crippen LogP contribution < -0.4 is 0 Å². The highest BCUT2D eigenvalue weighted by Crippen LogP contribution is 2.33. The zero-order chi connectivity index (χ0) is 11.2. The van der Waals surface area contributed by atoms with Gasteiger partial charge >= 0.3 is 5.97 Å². The number of benzene rings is 1. The number of carboxylic acid groups (broad SMARTS) is 1. The minimum absolute atomic E-state index is 0.238. The summed E-state index contributed by atoms with van der Waals surface area (Å²) in [6.07, 6.45) is 1.60. The number of nitrogens with one attached hydrogen (secondary N) is 1. The molecule has 5 heteroatoms. The number of aromatic nitrogens is 2. The number of hydrogen-bond acceptors (Lipinski definition) is 3. The van der Waals surface area contributed by atoms with E-state index in [4.69, 9.17) is 4.74 Å². The van der Waals surface area contributed by atoms with E-state index in [0.29, 0.717) is 0 Å². The van der Waals surface area contributed by atoms with Crippen LogP contribution in [0.4, 0.5) is 0 Å². The van der Waals surface area contributed by atoms with E-state index in [-0.39, 0.29) is 13.2 Å². The van der Waals surface area contributed by atoms with Gasteiger partial charge < -0.3 is 14.8 Å². The fraction of sp³-hybridized carbons (Fsp3) is 0.273. The Bertz CT molecular complexity index is 557. The predicted molar refractivity (Wildman–Crippen MR) is 56.2 cm³/mol. The van der Waals surface area contributed by atoms with Crippen LogP contribution in [-0.2, 0) is 14.9 Å². The maximum atomic E-state index is 11.3. The second kappa shape index (κ2) is 3.05. The molecule has 2 N–H and O–H groups in total. The van der Waals surface area contributed by atoms with E-state index >= 15 is 0 Å². The Morgan fingerprint density at radius 3 is 2.94 bits per heavy atom. The van der Waals surface area contributed by atoms with E-state index in [1.165, 1.54) is 0 Å². The lowest BCUT2D eigenvalue weighted by Gasteiger charge is -2.37. The number of hydrogen-bond donors (Lipinski definition) is 2. The number of ether oxygens (including phenoxy) is 1. The molecule has 0 atom stereocenters. The minimum atomic E-state index is -0.876. The van der Waals surface area contributed by atoms with Gasteiger partial charge in [-0.15, -0.1) is 0 Å². The molecule has 0 saturated carbocycles. The maximum Gasteiger partial charge on any atom is 0.318 e. The van der Waals surface area contributed by atoms with Gasteiger partial charge in [0.1, 0.15) is 5.41 Å². The average Bonchev–Trinajstić information content (AvgIpc) is 2.62. The predicted octanol–water partition coefficient (Wildman–Crippen LogP) is 0.915. The summed E-state index contributed by atoms with van der Waals surface area (Å²) in [5, 5.41) is 9.25. The van der Waals surface area contributed by atoms with Crippen molar-refractivity contribution >= 4 is 17.0 Å². The van der Waals surface area contributed by atoms with Crippen LogP contribution in [0.15, 0.2) is 24.5 Å². The van der Waals surface area contributed by atoms with Crippen LogP contribution in [-0.4, -0.2) is 34.3 Å². The van der Waals surface area contributed by atoms with Gasteiger partial charge in [-0.25, -0.2) is 4.98 Å². The summed E-state index contributed by atoms with van der Waals surface area (Å²) in [5.41, 5.74) is 1.58. The van der Waals surface area contributed by atoms with E-state index < -0.39 is 11.4 Å². The van der Waals surface area contributed by atoms with Gasteiger partial charge in [-0.1, -0.05) is 6.07 Å². The number of aliphatic carboxylic acids is 1. The van der Waals surface area contributed by atoms with Crippen molar-refractivity contribution in [1.82, 2.24) is 9.97 Å². The van der Waals surface area contributed by atoms with Gasteiger partial charge in [0.25, 0.3) is 0 Å². The molecular formula is C11H10N2O3. The number of carbonyl (C=O) groups is 1. The van der Waals surface area contributed by atoms with Crippen molar-refractivity contribution in [3.05, 3.63) is 30.1 Å². The zero-order valence-electron chi connectivity index (χ0n) is 8.43. The molecule has 0 spiro atoms. The quantitative estimate of drug-likeness (QED) is 0.785. The van der Waals surface area contributed by atoms with E-state index in [1.807, 2.05) is 12.1 Å². The van der Waals surface area contributed by atoms with Crippen molar-refractivity contribution in [2.45, 2.75) is 5.41 Å². The summed E-state index contributed by atoms with van der Waals surface area (Å²) >= 11 is 0. The Kier molecular flexibility index (Phi) is 1.79. The van der Waals surface area contributed by atoms with Gasteiger partial charge in [-0.3, -0.25) is 4.79 Å². The van der Waals surface area contributed by atoms with Crippen molar-refractivity contribution in [3.63, 3.8) is 0 Å². The number of aromatic amines is 1. The highest BCUT2D eigenvalue weighted by Gasteiger charge is 2.47. The molecule has 2 aromatic rings. The van der Waals surface area contributed by atoms with Crippen LogP contribution >= 0.6 is 0 Å². The first-order valence-corrected chi connectivity index (χ1v) is 4.97. The standard InChI is InChI=1S/C11H10N2O3/c14-10(15)11(4-16-5-11)7-1-2-8-9(3-7)13-6-12-8/h1-3,6H,4-5H2,(H,12,13)(H,14,15).